The van der Waals surface area contributed by atoms with E-state index in [1.54, 1.807) is 0 Å². The molecule has 2 N–H and O–H groups in total. The average molecular weight is 490 g/mol. The molecule has 1 nitrogen and oxygen atoms in total. The molecule has 0 saturated heterocycles. The summed E-state index contributed by atoms with van der Waals surface area (Å²) in [7, 11) is 0. The van der Waals surface area contributed by atoms with Gasteiger partial charge in [-0.15, -0.1) is 0 Å². The normalized spacial score (nSPS) is 0. The van der Waals surface area contributed by atoms with Crippen LogP contribution in [0.3, 0.4) is 0 Å². The second-order valence-corrected chi connectivity index (χ2v) is 0. The largest absolute Gasteiger partial charge is 0.412 e. The van der Waals surface area contributed by atoms with Gasteiger partial charge in [-0.3, -0.25) is 0 Å². The van der Waals surface area contributed by atoms with Gasteiger partial charge in [0.25, 0.3) is 0 Å². The second-order valence-electron chi connectivity index (χ2n) is 0. The molecule has 0 heterocycles. The molecule has 0 aromatic carbocycles. The standard InChI is InChI=1S/Ce.Gd.Lu.H2O/h;;;1H2. The molecular formula is H2CeGdLuO. The average Bonchev–Trinajstić information content (AvgIpc) is 0. The summed E-state index contributed by atoms with van der Waals surface area (Å²) in [5, 5.41) is 0. The molecule has 0 rings (SSSR count). The fourth-order valence-corrected chi connectivity index (χ4v) is 0. The van der Waals surface area contributed by atoms with Crippen molar-refractivity contribution in [3.05, 3.63) is 0 Å². The minimum atomic E-state index is 0. The maximum atomic E-state index is 0. The summed E-state index contributed by atoms with van der Waals surface area (Å²) in [6.45, 7) is 0. The monoisotopic (exact) mass is 491 g/mol. The van der Waals surface area contributed by atoms with E-state index in [0.717, 1.165) is 0 Å². The van der Waals surface area contributed by atoms with E-state index in [9.17, 15) is 0 Å². The molecule has 0 bridgehead atoms. The van der Waals surface area contributed by atoms with Gasteiger partial charge < -0.3 is 5.48 Å². The van der Waals surface area contributed by atoms with E-state index in [4.69, 9.17) is 0 Å². The van der Waals surface area contributed by atoms with E-state index in [-0.39, 0.29) is 124 Å². The molecule has 0 unspecified atom stereocenters. The van der Waals surface area contributed by atoms with Crippen LogP contribution in [0.2, 0.25) is 0 Å². The molecule has 0 fully saturated rings. The van der Waals surface area contributed by atoms with Crippen LogP contribution in [-0.2, 0) is 0 Å². The Balaban J connectivity index is 0. The maximum Gasteiger partial charge on any atom is 0 e. The first kappa shape index (κ1) is 24.7. The van der Waals surface area contributed by atoms with Crippen LogP contribution in [0, 0.1) is 119 Å². The quantitative estimate of drug-likeness (QED) is 0.425. The molecule has 0 spiro atoms. The van der Waals surface area contributed by atoms with Crippen LogP contribution in [0.15, 0.2) is 0 Å². The Morgan fingerprint density at radius 1 is 1.00 bits per heavy atom. The maximum absolute atomic E-state index is 0. The Bertz CT molecular complexity index is 8.00. The van der Waals surface area contributed by atoms with E-state index in [2.05, 4.69) is 0 Å². The van der Waals surface area contributed by atoms with Crippen LogP contribution in [-0.4, -0.2) is 5.48 Å². The molecule has 0 aromatic rings. The topological polar surface area (TPSA) is 31.5 Å². The van der Waals surface area contributed by atoms with Gasteiger partial charge in [-0.05, 0) is 0 Å². The fraction of sp³-hybridized carbons (Fsp3) is 0. The van der Waals surface area contributed by atoms with Crippen molar-refractivity contribution in [2.75, 3.05) is 0 Å². The van der Waals surface area contributed by atoms with Crippen LogP contribution >= 0.6 is 0 Å². The third-order valence-corrected chi connectivity index (χ3v) is 0. The summed E-state index contributed by atoms with van der Waals surface area (Å²) < 4.78 is 0. The van der Waals surface area contributed by atoms with E-state index < -0.39 is 0 Å². The number of rotatable bonds is 0. The van der Waals surface area contributed by atoms with Crippen LogP contribution in [0.25, 0.3) is 0 Å². The van der Waals surface area contributed by atoms with E-state index in [1.165, 1.54) is 0 Å². The molecule has 0 aromatic heterocycles. The Morgan fingerprint density at radius 3 is 1.00 bits per heavy atom. The summed E-state index contributed by atoms with van der Waals surface area (Å²) in [6, 6.07) is 0. The van der Waals surface area contributed by atoms with Gasteiger partial charge in [0.15, 0.2) is 0 Å². The summed E-state index contributed by atoms with van der Waals surface area (Å²) >= 11 is 0. The van der Waals surface area contributed by atoms with Crippen molar-refractivity contribution < 1.29 is 124 Å². The van der Waals surface area contributed by atoms with Crippen molar-refractivity contribution in [1.82, 2.24) is 0 Å². The summed E-state index contributed by atoms with van der Waals surface area (Å²) in [4.78, 5) is 0. The van der Waals surface area contributed by atoms with Gasteiger partial charge in [0.2, 0.25) is 0 Å². The van der Waals surface area contributed by atoms with Crippen molar-refractivity contribution in [2.45, 2.75) is 0 Å². The van der Waals surface area contributed by atoms with Crippen molar-refractivity contribution in [3.8, 4) is 0 Å². The molecule has 0 saturated carbocycles. The Morgan fingerprint density at radius 2 is 1.00 bits per heavy atom. The zero-order valence-corrected chi connectivity index (χ0v) is 8.68. The van der Waals surface area contributed by atoms with E-state index in [1.807, 2.05) is 0 Å². The van der Waals surface area contributed by atoms with Crippen molar-refractivity contribution in [2.24, 2.45) is 0 Å². The smallest absolute Gasteiger partial charge is 0 e. The molecule has 0 aliphatic carbocycles. The zero-order valence-electron chi connectivity index (χ0n) is 1.61. The van der Waals surface area contributed by atoms with Crippen LogP contribution in [0.4, 0.5) is 0 Å². The minimum absolute atomic E-state index is 0. The molecule has 4 heavy (non-hydrogen) atoms. The van der Waals surface area contributed by atoms with Gasteiger partial charge in [0.05, 0.1) is 0 Å². The molecule has 0 aliphatic heterocycles. The molecule has 0 atom stereocenters. The van der Waals surface area contributed by atoms with Gasteiger partial charge in [0.1, 0.15) is 0 Å². The van der Waals surface area contributed by atoms with Crippen molar-refractivity contribution in [3.63, 3.8) is 0 Å². The van der Waals surface area contributed by atoms with Crippen LogP contribution in [0.1, 0.15) is 0 Å². The van der Waals surface area contributed by atoms with E-state index in [0.29, 0.717) is 0 Å². The molecule has 4 heteroatoms. The second kappa shape index (κ2) is 15.8. The van der Waals surface area contributed by atoms with Crippen molar-refractivity contribution in [1.29, 1.82) is 0 Å². The first-order valence-electron chi connectivity index (χ1n) is 0. The van der Waals surface area contributed by atoms with E-state index >= 15 is 0 Å². The zero-order chi connectivity index (χ0) is 0. The van der Waals surface area contributed by atoms with Gasteiger partial charge in [-0.1, -0.05) is 0 Å². The fourth-order valence-electron chi connectivity index (χ4n) is 0. The third kappa shape index (κ3) is 9.31. The van der Waals surface area contributed by atoms with Gasteiger partial charge in [0, 0.05) is 119 Å². The van der Waals surface area contributed by atoms with Crippen molar-refractivity contribution >= 4 is 0 Å². The molecular weight excluding hydrogens is 488 g/mol. The Hall–Kier alpha value is 3.90. The van der Waals surface area contributed by atoms with Gasteiger partial charge in [-0.25, -0.2) is 0 Å². The Labute approximate surface area is 120 Å². The van der Waals surface area contributed by atoms with Gasteiger partial charge >= 0.3 is 0 Å². The SMILES string of the molecule is O.[Ce].[Gd].[Lu]. The Kier molecular flexibility index (Phi) is 97.7. The first-order valence-corrected chi connectivity index (χ1v) is 0. The first-order chi connectivity index (χ1) is 0. The molecule has 0 amide bonds. The minimum Gasteiger partial charge on any atom is -0.412 e. The number of hydrogen-bond acceptors (Lipinski definition) is 0. The van der Waals surface area contributed by atoms with Crippen LogP contribution < -0.4 is 0 Å². The molecule has 35 valence electrons. The summed E-state index contributed by atoms with van der Waals surface area (Å²) in [5.41, 5.74) is 0. The third-order valence-electron chi connectivity index (χ3n) is 0. The molecule has 1 radical (unpaired) electrons. The van der Waals surface area contributed by atoms with Crippen LogP contribution in [0.5, 0.6) is 0 Å². The summed E-state index contributed by atoms with van der Waals surface area (Å²) in [6.07, 6.45) is 0. The summed E-state index contributed by atoms with van der Waals surface area (Å²) in [5.74, 6) is 0. The number of hydrogen-bond donors (Lipinski definition) is 0. The molecule has 0 aliphatic rings. The predicted molar refractivity (Wildman–Crippen MR) is 3.61 cm³/mol. The predicted octanol–water partition coefficient (Wildman–Crippen LogP) is -0.825. The van der Waals surface area contributed by atoms with Gasteiger partial charge in [-0.2, -0.15) is 0 Å².